The summed E-state index contributed by atoms with van der Waals surface area (Å²) in [5, 5.41) is 5.47. The average molecular weight is 304 g/mol. The molecule has 1 aliphatic carbocycles. The summed E-state index contributed by atoms with van der Waals surface area (Å²) in [6, 6.07) is 7.92. The molecule has 3 nitrogen and oxygen atoms in total. The van der Waals surface area contributed by atoms with E-state index in [1.54, 1.807) is 4.68 Å². The number of benzene rings is 1. The molecule has 0 spiro atoms. The van der Waals surface area contributed by atoms with Crippen LogP contribution in [-0.4, -0.2) is 9.78 Å². The van der Waals surface area contributed by atoms with Gasteiger partial charge in [0, 0.05) is 23.6 Å². The van der Waals surface area contributed by atoms with Gasteiger partial charge in [-0.05, 0) is 30.5 Å². The molecule has 112 valence electrons. The molecule has 0 bridgehead atoms. The maximum atomic E-state index is 6.29. The van der Waals surface area contributed by atoms with Crippen LogP contribution in [-0.2, 0) is 7.05 Å². The van der Waals surface area contributed by atoms with Crippen molar-refractivity contribution in [3.05, 3.63) is 35.0 Å². The van der Waals surface area contributed by atoms with Crippen molar-refractivity contribution in [2.45, 2.75) is 44.4 Å². The predicted molar refractivity (Wildman–Crippen MR) is 88.5 cm³/mol. The van der Waals surface area contributed by atoms with Crippen molar-refractivity contribution in [1.29, 1.82) is 0 Å². The summed E-state index contributed by atoms with van der Waals surface area (Å²) in [6.45, 7) is 0. The third-order valence-electron chi connectivity index (χ3n) is 4.47. The Morgan fingerprint density at radius 1 is 1.19 bits per heavy atom. The van der Waals surface area contributed by atoms with Gasteiger partial charge in [0.25, 0.3) is 0 Å². The molecule has 0 unspecified atom stereocenters. The zero-order chi connectivity index (χ0) is 14.8. The first-order valence-corrected chi connectivity index (χ1v) is 8.13. The van der Waals surface area contributed by atoms with E-state index in [1.165, 1.54) is 38.5 Å². The molecule has 1 aromatic heterocycles. The summed E-state index contributed by atoms with van der Waals surface area (Å²) in [4.78, 5) is 0. The van der Waals surface area contributed by atoms with E-state index in [2.05, 4.69) is 6.07 Å². The van der Waals surface area contributed by atoms with Gasteiger partial charge in [0.1, 0.15) is 5.82 Å². The van der Waals surface area contributed by atoms with Gasteiger partial charge in [0.2, 0.25) is 0 Å². The Morgan fingerprint density at radius 3 is 2.57 bits per heavy atom. The molecule has 0 atom stereocenters. The van der Waals surface area contributed by atoms with Crippen LogP contribution in [0.1, 0.15) is 50.1 Å². The van der Waals surface area contributed by atoms with Crippen LogP contribution in [0.15, 0.2) is 24.3 Å². The van der Waals surface area contributed by atoms with Crippen LogP contribution in [0, 0.1) is 0 Å². The maximum Gasteiger partial charge on any atom is 0.129 e. The highest BCUT2D eigenvalue weighted by Gasteiger charge is 2.24. The summed E-state index contributed by atoms with van der Waals surface area (Å²) in [5.41, 5.74) is 9.59. The maximum absolute atomic E-state index is 6.29. The number of nitrogen functional groups attached to an aromatic ring is 1. The first kappa shape index (κ1) is 14.5. The second-order valence-corrected chi connectivity index (χ2v) is 6.40. The van der Waals surface area contributed by atoms with Gasteiger partial charge in [0.05, 0.1) is 5.69 Å². The molecule has 1 aromatic carbocycles. The zero-order valence-electron chi connectivity index (χ0n) is 12.5. The molecule has 2 N–H and O–H groups in total. The van der Waals surface area contributed by atoms with Gasteiger partial charge >= 0.3 is 0 Å². The topological polar surface area (TPSA) is 43.8 Å². The molecule has 2 aromatic rings. The number of hydrogen-bond acceptors (Lipinski definition) is 2. The monoisotopic (exact) mass is 303 g/mol. The van der Waals surface area contributed by atoms with Crippen LogP contribution in [0.5, 0.6) is 0 Å². The van der Waals surface area contributed by atoms with Crippen molar-refractivity contribution < 1.29 is 0 Å². The lowest BCUT2D eigenvalue weighted by Gasteiger charge is -2.14. The van der Waals surface area contributed by atoms with Gasteiger partial charge in [0.15, 0.2) is 0 Å². The van der Waals surface area contributed by atoms with Crippen molar-refractivity contribution >= 4 is 17.4 Å². The van der Waals surface area contributed by atoms with Crippen LogP contribution in [0.25, 0.3) is 11.1 Å². The molecule has 1 aliphatic rings. The Labute approximate surface area is 131 Å². The highest BCUT2D eigenvalue weighted by molar-refractivity contribution is 6.30. The number of halogens is 1. The lowest BCUT2D eigenvalue weighted by molar-refractivity contribution is 0.567. The van der Waals surface area contributed by atoms with Gasteiger partial charge in [-0.3, -0.25) is 4.68 Å². The van der Waals surface area contributed by atoms with Gasteiger partial charge in [-0.1, -0.05) is 49.4 Å². The van der Waals surface area contributed by atoms with Crippen LogP contribution in [0.3, 0.4) is 0 Å². The van der Waals surface area contributed by atoms with E-state index in [4.69, 9.17) is 22.4 Å². The standard InChI is InChI=1S/C17H22ClN3/c1-21-17(19)15(13-9-6-10-14(18)11-13)16(20-21)12-7-4-2-3-5-8-12/h6,9-12H,2-5,7-8,19H2,1H3. The molecular weight excluding hydrogens is 282 g/mol. The number of rotatable bonds is 2. The third-order valence-corrected chi connectivity index (χ3v) is 4.71. The number of aryl methyl sites for hydroxylation is 1. The van der Waals surface area contributed by atoms with Crippen molar-refractivity contribution in [1.82, 2.24) is 9.78 Å². The summed E-state index contributed by atoms with van der Waals surface area (Å²) in [5.74, 6) is 1.25. The second kappa shape index (κ2) is 6.10. The number of aromatic nitrogens is 2. The quantitative estimate of drug-likeness (QED) is 0.813. The minimum absolute atomic E-state index is 0.519. The highest BCUT2D eigenvalue weighted by Crippen LogP contribution is 2.39. The van der Waals surface area contributed by atoms with E-state index >= 15 is 0 Å². The molecule has 0 aliphatic heterocycles. The Balaban J connectivity index is 2.06. The van der Waals surface area contributed by atoms with Gasteiger partial charge in [-0.2, -0.15) is 5.10 Å². The fourth-order valence-corrected chi connectivity index (χ4v) is 3.53. The summed E-state index contributed by atoms with van der Waals surface area (Å²) in [7, 11) is 1.92. The molecule has 1 fully saturated rings. The largest absolute Gasteiger partial charge is 0.383 e. The smallest absolute Gasteiger partial charge is 0.129 e. The van der Waals surface area contributed by atoms with E-state index in [1.807, 2.05) is 25.2 Å². The highest BCUT2D eigenvalue weighted by atomic mass is 35.5. The van der Waals surface area contributed by atoms with E-state index < -0.39 is 0 Å². The molecule has 0 saturated heterocycles. The number of anilines is 1. The normalized spacial score (nSPS) is 16.9. The third kappa shape index (κ3) is 2.93. The van der Waals surface area contributed by atoms with E-state index in [0.717, 1.165) is 27.7 Å². The molecule has 1 heterocycles. The first-order valence-electron chi connectivity index (χ1n) is 7.75. The fraction of sp³-hybridized carbons (Fsp3) is 0.471. The molecule has 0 amide bonds. The Morgan fingerprint density at radius 2 is 1.90 bits per heavy atom. The minimum atomic E-state index is 0.519. The van der Waals surface area contributed by atoms with E-state index in [0.29, 0.717) is 5.92 Å². The Kier molecular flexibility index (Phi) is 4.20. The molecule has 3 rings (SSSR count). The summed E-state index contributed by atoms with van der Waals surface area (Å²) >= 11 is 6.15. The Bertz CT molecular complexity index is 625. The van der Waals surface area contributed by atoms with Crippen LogP contribution in [0.4, 0.5) is 5.82 Å². The number of nitrogens with zero attached hydrogens (tertiary/aromatic N) is 2. The SMILES string of the molecule is Cn1nc(C2CCCCCC2)c(-c2cccc(Cl)c2)c1N. The Hall–Kier alpha value is -1.48. The second-order valence-electron chi connectivity index (χ2n) is 5.97. The van der Waals surface area contributed by atoms with E-state index in [9.17, 15) is 0 Å². The van der Waals surface area contributed by atoms with Crippen molar-refractivity contribution in [2.75, 3.05) is 5.73 Å². The molecule has 21 heavy (non-hydrogen) atoms. The molecule has 1 saturated carbocycles. The van der Waals surface area contributed by atoms with E-state index in [-0.39, 0.29) is 0 Å². The lowest BCUT2D eigenvalue weighted by atomic mass is 9.91. The lowest BCUT2D eigenvalue weighted by Crippen LogP contribution is -2.01. The zero-order valence-corrected chi connectivity index (χ0v) is 13.2. The summed E-state index contributed by atoms with van der Waals surface area (Å²) < 4.78 is 1.80. The number of hydrogen-bond donors (Lipinski definition) is 1. The van der Waals surface area contributed by atoms with Gasteiger partial charge in [-0.15, -0.1) is 0 Å². The van der Waals surface area contributed by atoms with Crippen LogP contribution < -0.4 is 5.73 Å². The molecule has 4 heteroatoms. The van der Waals surface area contributed by atoms with Crippen LogP contribution >= 0.6 is 11.6 Å². The van der Waals surface area contributed by atoms with Crippen molar-refractivity contribution in [3.8, 4) is 11.1 Å². The molecule has 0 radical (unpaired) electrons. The number of nitrogens with two attached hydrogens (primary N) is 1. The van der Waals surface area contributed by atoms with Gasteiger partial charge in [-0.25, -0.2) is 0 Å². The van der Waals surface area contributed by atoms with Crippen LogP contribution in [0.2, 0.25) is 5.02 Å². The fourth-order valence-electron chi connectivity index (χ4n) is 3.34. The van der Waals surface area contributed by atoms with Crippen molar-refractivity contribution in [2.24, 2.45) is 7.05 Å². The molecular formula is C17H22ClN3. The predicted octanol–water partition coefficient (Wildman–Crippen LogP) is 4.76. The minimum Gasteiger partial charge on any atom is -0.383 e. The average Bonchev–Trinajstić information content (AvgIpc) is 2.68. The first-order chi connectivity index (χ1) is 10.2. The summed E-state index contributed by atoms with van der Waals surface area (Å²) in [6.07, 6.45) is 7.68. The van der Waals surface area contributed by atoms with Gasteiger partial charge < -0.3 is 5.73 Å². The van der Waals surface area contributed by atoms with Crippen molar-refractivity contribution in [3.63, 3.8) is 0 Å².